The minimum absolute atomic E-state index is 0.653. The van der Waals surface area contributed by atoms with Gasteiger partial charge in [0.25, 0.3) is 0 Å². The van der Waals surface area contributed by atoms with E-state index in [-0.39, 0.29) is 0 Å². The number of nitrogens with zero attached hydrogens (tertiary/aromatic N) is 1. The van der Waals surface area contributed by atoms with Crippen molar-refractivity contribution >= 4 is 22.1 Å². The monoisotopic (exact) mass is 160 g/mol. The zero-order valence-corrected chi connectivity index (χ0v) is 5.27. The maximum atomic E-state index is 5.39. The Balaban J connectivity index is 2.79. The minimum atomic E-state index is 0.653. The van der Waals surface area contributed by atoms with Gasteiger partial charge in [-0.15, -0.1) is 0 Å². The summed E-state index contributed by atoms with van der Waals surface area (Å²) in [6, 6.07) is 0. The summed E-state index contributed by atoms with van der Waals surface area (Å²) in [5.41, 5.74) is 6.21. The number of rotatable bonds is 0. The maximum Gasteiger partial charge on any atom is 0.0796 e. The van der Waals surface area contributed by atoms with Gasteiger partial charge in [0.1, 0.15) is 0 Å². The van der Waals surface area contributed by atoms with E-state index in [1.54, 1.807) is 6.21 Å². The summed E-state index contributed by atoms with van der Waals surface area (Å²) >= 11 is 3.21. The second kappa shape index (κ2) is 1.66. The highest BCUT2D eigenvalue weighted by Crippen LogP contribution is 2.09. The highest BCUT2D eigenvalue weighted by Gasteiger charge is 1.99. The molecule has 0 amide bonds. The van der Waals surface area contributed by atoms with Crippen molar-refractivity contribution in [1.82, 2.24) is 0 Å². The fourth-order valence-electron chi connectivity index (χ4n) is 0.383. The Labute approximate surface area is 50.2 Å². The zero-order valence-electron chi connectivity index (χ0n) is 3.69. The number of allylic oxidation sites excluding steroid dienone is 1. The van der Waals surface area contributed by atoms with Gasteiger partial charge in [0, 0.05) is 11.9 Å². The minimum Gasteiger partial charge on any atom is -0.400 e. The van der Waals surface area contributed by atoms with Crippen LogP contribution in [0, 0.1) is 0 Å². The van der Waals surface area contributed by atoms with Crippen molar-refractivity contribution in [1.29, 1.82) is 0 Å². The molecule has 38 valence electrons. The Kier molecular flexibility index (Phi) is 1.15. The Morgan fingerprint density at radius 2 is 2.57 bits per heavy atom. The highest BCUT2D eigenvalue weighted by atomic mass is 79.9. The Morgan fingerprint density at radius 1 is 1.86 bits per heavy atom. The van der Waals surface area contributed by atoms with Crippen LogP contribution in [0.25, 0.3) is 0 Å². The van der Waals surface area contributed by atoms with Crippen LogP contribution in [0.3, 0.4) is 0 Å². The molecule has 2 nitrogen and oxygen atoms in total. The number of halogens is 1. The van der Waals surface area contributed by atoms with E-state index in [1.165, 1.54) is 0 Å². The molecule has 0 atom stereocenters. The molecule has 7 heavy (non-hydrogen) atoms. The van der Waals surface area contributed by atoms with Crippen LogP contribution < -0.4 is 5.73 Å². The first-order valence-electron chi connectivity index (χ1n) is 1.94. The first-order valence-corrected chi connectivity index (χ1v) is 2.74. The number of hydrogen-bond acceptors (Lipinski definition) is 2. The SMILES string of the molecule is NC1=C(Br)C=NC1. The first kappa shape index (κ1) is 4.84. The maximum absolute atomic E-state index is 5.39. The van der Waals surface area contributed by atoms with Crippen molar-refractivity contribution in [2.24, 2.45) is 10.7 Å². The molecule has 0 fully saturated rings. The molecule has 1 rings (SSSR count). The average molecular weight is 161 g/mol. The number of aliphatic imine (C=N–C) groups is 1. The standard InChI is InChI=1S/C4H5BrN2/c5-3-1-7-2-4(3)6/h1H,2,6H2. The summed E-state index contributed by atoms with van der Waals surface area (Å²) in [7, 11) is 0. The molecule has 3 heteroatoms. The van der Waals surface area contributed by atoms with E-state index in [9.17, 15) is 0 Å². The number of nitrogens with two attached hydrogens (primary N) is 1. The predicted molar refractivity (Wildman–Crippen MR) is 33.5 cm³/mol. The van der Waals surface area contributed by atoms with E-state index in [1.807, 2.05) is 0 Å². The van der Waals surface area contributed by atoms with Crippen LogP contribution in [0.2, 0.25) is 0 Å². The Morgan fingerprint density at radius 3 is 2.71 bits per heavy atom. The van der Waals surface area contributed by atoms with Crippen molar-refractivity contribution in [3.05, 3.63) is 10.2 Å². The Bertz CT molecular complexity index is 137. The van der Waals surface area contributed by atoms with Crippen LogP contribution in [0.4, 0.5) is 0 Å². The van der Waals surface area contributed by atoms with Crippen LogP contribution in [0.15, 0.2) is 15.2 Å². The van der Waals surface area contributed by atoms with Gasteiger partial charge >= 0.3 is 0 Å². The van der Waals surface area contributed by atoms with Crippen LogP contribution >= 0.6 is 15.9 Å². The van der Waals surface area contributed by atoms with Gasteiger partial charge in [0.2, 0.25) is 0 Å². The van der Waals surface area contributed by atoms with Gasteiger partial charge in [0.15, 0.2) is 0 Å². The van der Waals surface area contributed by atoms with Crippen molar-refractivity contribution < 1.29 is 0 Å². The summed E-state index contributed by atoms with van der Waals surface area (Å²) in [6.07, 6.45) is 1.72. The summed E-state index contributed by atoms with van der Waals surface area (Å²) in [4.78, 5) is 3.87. The molecule has 0 aromatic heterocycles. The molecule has 0 saturated heterocycles. The molecule has 2 N–H and O–H groups in total. The van der Waals surface area contributed by atoms with Crippen LogP contribution in [0.1, 0.15) is 0 Å². The van der Waals surface area contributed by atoms with E-state index in [0.29, 0.717) is 6.54 Å². The van der Waals surface area contributed by atoms with Gasteiger partial charge in [-0.2, -0.15) is 0 Å². The molecule has 0 radical (unpaired) electrons. The van der Waals surface area contributed by atoms with Gasteiger partial charge in [-0.3, -0.25) is 4.99 Å². The molecule has 0 saturated carbocycles. The fourth-order valence-corrected chi connectivity index (χ4v) is 0.653. The fraction of sp³-hybridized carbons (Fsp3) is 0.250. The zero-order chi connectivity index (χ0) is 5.28. The summed E-state index contributed by atoms with van der Waals surface area (Å²) in [5, 5.41) is 0. The van der Waals surface area contributed by atoms with Crippen molar-refractivity contribution in [2.45, 2.75) is 0 Å². The van der Waals surface area contributed by atoms with Crippen LogP contribution in [-0.4, -0.2) is 12.8 Å². The highest BCUT2D eigenvalue weighted by molar-refractivity contribution is 9.12. The van der Waals surface area contributed by atoms with E-state index in [0.717, 1.165) is 10.2 Å². The van der Waals surface area contributed by atoms with Gasteiger partial charge in [-0.05, 0) is 15.9 Å². The lowest BCUT2D eigenvalue weighted by Gasteiger charge is -1.84. The molecular weight excluding hydrogens is 156 g/mol. The lowest BCUT2D eigenvalue weighted by Crippen LogP contribution is -1.97. The molecule has 0 aliphatic carbocycles. The summed E-state index contributed by atoms with van der Waals surface area (Å²) in [5.74, 6) is 0. The predicted octanol–water partition coefficient (Wildman–Crippen LogP) is 0.636. The van der Waals surface area contributed by atoms with Gasteiger partial charge < -0.3 is 5.73 Å². The summed E-state index contributed by atoms with van der Waals surface area (Å²) < 4.78 is 0.924. The van der Waals surface area contributed by atoms with Gasteiger partial charge in [-0.1, -0.05) is 0 Å². The third-order valence-corrected chi connectivity index (χ3v) is 1.49. The first-order chi connectivity index (χ1) is 3.30. The lowest BCUT2D eigenvalue weighted by atomic mass is 10.5. The van der Waals surface area contributed by atoms with Crippen molar-refractivity contribution in [2.75, 3.05) is 6.54 Å². The topological polar surface area (TPSA) is 38.4 Å². The quantitative estimate of drug-likeness (QED) is 0.556. The van der Waals surface area contributed by atoms with Crippen molar-refractivity contribution in [3.8, 4) is 0 Å². The van der Waals surface area contributed by atoms with Gasteiger partial charge in [-0.25, -0.2) is 0 Å². The average Bonchev–Trinajstić information content (AvgIpc) is 1.91. The smallest absolute Gasteiger partial charge is 0.0796 e. The molecule has 0 aromatic carbocycles. The van der Waals surface area contributed by atoms with Crippen molar-refractivity contribution in [3.63, 3.8) is 0 Å². The summed E-state index contributed by atoms with van der Waals surface area (Å²) in [6.45, 7) is 0.653. The molecule has 0 bridgehead atoms. The van der Waals surface area contributed by atoms with E-state index in [4.69, 9.17) is 5.73 Å². The largest absolute Gasteiger partial charge is 0.400 e. The van der Waals surface area contributed by atoms with Crippen LogP contribution in [-0.2, 0) is 0 Å². The van der Waals surface area contributed by atoms with E-state index in [2.05, 4.69) is 20.9 Å². The normalized spacial score (nSPS) is 19.0. The third kappa shape index (κ3) is 0.825. The third-order valence-electron chi connectivity index (χ3n) is 0.773. The molecule has 1 aliphatic rings. The second-order valence-electron chi connectivity index (χ2n) is 1.34. The van der Waals surface area contributed by atoms with Crippen LogP contribution in [0.5, 0.6) is 0 Å². The Hall–Kier alpha value is -0.310. The lowest BCUT2D eigenvalue weighted by molar-refractivity contribution is 1.15. The second-order valence-corrected chi connectivity index (χ2v) is 2.20. The van der Waals surface area contributed by atoms with E-state index < -0.39 is 0 Å². The molecular formula is C4H5BrN2. The molecule has 0 spiro atoms. The molecule has 0 aromatic rings. The van der Waals surface area contributed by atoms with E-state index >= 15 is 0 Å². The molecule has 1 heterocycles. The molecule has 1 aliphatic heterocycles. The number of hydrogen-bond donors (Lipinski definition) is 1. The van der Waals surface area contributed by atoms with Gasteiger partial charge in [0.05, 0.1) is 11.0 Å². The molecule has 0 unspecified atom stereocenters.